The molecule has 27 heavy (non-hydrogen) atoms. The molecule has 3 rings (SSSR count). The van der Waals surface area contributed by atoms with Crippen LogP contribution in [0.3, 0.4) is 0 Å². The molecule has 1 amide bonds. The van der Waals surface area contributed by atoms with E-state index in [2.05, 4.69) is 15.5 Å². The maximum absolute atomic E-state index is 12.3. The zero-order chi connectivity index (χ0) is 19.2. The number of nitrogens with zero attached hydrogens (tertiary/aromatic N) is 1. The van der Waals surface area contributed by atoms with Crippen molar-refractivity contribution >= 4 is 52.1 Å². The van der Waals surface area contributed by atoms with E-state index in [0.717, 1.165) is 38.5 Å². The molecule has 1 aliphatic rings. The van der Waals surface area contributed by atoms with Crippen LogP contribution in [0.5, 0.6) is 0 Å². The molecule has 1 fully saturated rings. The second-order valence-corrected chi connectivity index (χ2v) is 7.29. The number of amides is 1. The molecule has 142 valence electrons. The van der Waals surface area contributed by atoms with Gasteiger partial charge in [0.25, 0.3) is 5.91 Å². The van der Waals surface area contributed by atoms with Crippen molar-refractivity contribution < 1.29 is 9.53 Å². The van der Waals surface area contributed by atoms with Gasteiger partial charge in [-0.3, -0.25) is 15.0 Å². The van der Waals surface area contributed by atoms with Crippen molar-refractivity contribution in [2.24, 2.45) is 0 Å². The number of carbonyl (C=O) groups is 1. The largest absolute Gasteiger partial charge is 0.379 e. The van der Waals surface area contributed by atoms with Crippen LogP contribution in [0.15, 0.2) is 42.5 Å². The molecule has 1 heterocycles. The molecule has 0 saturated carbocycles. The molecular formula is C19H19Cl2N3O2S. The highest BCUT2D eigenvalue weighted by Crippen LogP contribution is 2.25. The summed E-state index contributed by atoms with van der Waals surface area (Å²) in [7, 11) is 0. The monoisotopic (exact) mass is 423 g/mol. The molecule has 0 bridgehead atoms. The summed E-state index contributed by atoms with van der Waals surface area (Å²) in [6.07, 6.45) is 0. The van der Waals surface area contributed by atoms with Crippen LogP contribution in [0, 0.1) is 0 Å². The van der Waals surface area contributed by atoms with Gasteiger partial charge in [0.1, 0.15) is 0 Å². The Hall–Kier alpha value is -1.70. The summed E-state index contributed by atoms with van der Waals surface area (Å²) in [5, 5.41) is 6.32. The smallest absolute Gasteiger partial charge is 0.258 e. The number of halogens is 2. The van der Waals surface area contributed by atoms with Crippen molar-refractivity contribution in [2.75, 3.05) is 31.6 Å². The number of carbonyl (C=O) groups excluding carboxylic acids is 1. The Morgan fingerprint density at radius 1 is 1.11 bits per heavy atom. The summed E-state index contributed by atoms with van der Waals surface area (Å²) in [6.45, 7) is 4.34. The van der Waals surface area contributed by atoms with E-state index < -0.39 is 5.91 Å². The first kappa shape index (κ1) is 20.0. The predicted octanol–water partition coefficient (Wildman–Crippen LogP) is 3.95. The zero-order valence-electron chi connectivity index (χ0n) is 14.5. The molecule has 0 unspecified atom stereocenters. The maximum atomic E-state index is 12.3. The Labute approximate surface area is 173 Å². The van der Waals surface area contributed by atoms with E-state index in [1.807, 2.05) is 24.3 Å². The van der Waals surface area contributed by atoms with Gasteiger partial charge in [0.15, 0.2) is 5.11 Å². The Balaban J connectivity index is 1.54. The lowest BCUT2D eigenvalue weighted by Crippen LogP contribution is -2.35. The van der Waals surface area contributed by atoms with Crippen LogP contribution in [-0.4, -0.2) is 42.2 Å². The SMILES string of the molecule is O=C(NC(=S)Nc1ccc(CN2CCOCC2)cc1)c1cccc(Cl)c1Cl. The first-order valence-electron chi connectivity index (χ1n) is 8.48. The minimum absolute atomic E-state index is 0.192. The van der Waals surface area contributed by atoms with Crippen molar-refractivity contribution in [3.63, 3.8) is 0 Å². The van der Waals surface area contributed by atoms with Crippen molar-refractivity contribution in [3.05, 3.63) is 63.6 Å². The quantitative estimate of drug-likeness (QED) is 0.728. The van der Waals surface area contributed by atoms with Gasteiger partial charge in [0, 0.05) is 25.3 Å². The fraction of sp³-hybridized carbons (Fsp3) is 0.263. The lowest BCUT2D eigenvalue weighted by Gasteiger charge is -2.26. The normalized spacial score (nSPS) is 14.6. The number of morpholine rings is 1. The van der Waals surface area contributed by atoms with Gasteiger partial charge >= 0.3 is 0 Å². The first-order valence-corrected chi connectivity index (χ1v) is 9.65. The summed E-state index contributed by atoms with van der Waals surface area (Å²) < 4.78 is 5.36. The molecule has 0 atom stereocenters. The molecule has 0 radical (unpaired) electrons. The fourth-order valence-electron chi connectivity index (χ4n) is 2.72. The molecule has 2 N–H and O–H groups in total. The predicted molar refractivity (Wildman–Crippen MR) is 113 cm³/mol. The number of rotatable bonds is 4. The second kappa shape index (κ2) is 9.48. The van der Waals surface area contributed by atoms with Crippen LogP contribution < -0.4 is 10.6 Å². The minimum atomic E-state index is -0.413. The van der Waals surface area contributed by atoms with Crippen LogP contribution in [-0.2, 0) is 11.3 Å². The molecular weight excluding hydrogens is 405 g/mol. The van der Waals surface area contributed by atoms with E-state index in [0.29, 0.717) is 5.02 Å². The highest BCUT2D eigenvalue weighted by Gasteiger charge is 2.14. The highest BCUT2D eigenvalue weighted by atomic mass is 35.5. The number of ether oxygens (including phenoxy) is 1. The first-order chi connectivity index (χ1) is 13.0. The number of hydrogen-bond acceptors (Lipinski definition) is 4. The standard InChI is InChI=1S/C19H19Cl2N3O2S/c20-16-3-1-2-15(17(16)21)18(25)23-19(27)22-14-6-4-13(5-7-14)12-24-8-10-26-11-9-24/h1-7H,8-12H2,(H2,22,23,25,27). The molecule has 1 saturated heterocycles. The third kappa shape index (κ3) is 5.64. The maximum Gasteiger partial charge on any atom is 0.258 e. The van der Waals surface area contributed by atoms with Crippen LogP contribution in [0.2, 0.25) is 10.0 Å². The van der Waals surface area contributed by atoms with Gasteiger partial charge in [0.05, 0.1) is 28.8 Å². The van der Waals surface area contributed by atoms with E-state index in [1.165, 1.54) is 5.56 Å². The molecule has 2 aromatic rings. The van der Waals surface area contributed by atoms with Gasteiger partial charge in [0.2, 0.25) is 0 Å². The number of anilines is 1. The van der Waals surface area contributed by atoms with Crippen molar-refractivity contribution in [1.82, 2.24) is 10.2 Å². The fourth-order valence-corrected chi connectivity index (χ4v) is 3.32. The summed E-state index contributed by atoms with van der Waals surface area (Å²) in [5.41, 5.74) is 2.28. The summed E-state index contributed by atoms with van der Waals surface area (Å²) >= 11 is 17.2. The third-order valence-electron chi connectivity index (χ3n) is 4.14. The summed E-state index contributed by atoms with van der Waals surface area (Å²) in [6, 6.07) is 12.8. The Bertz CT molecular complexity index is 824. The number of hydrogen-bond donors (Lipinski definition) is 2. The van der Waals surface area contributed by atoms with Crippen molar-refractivity contribution in [1.29, 1.82) is 0 Å². The lowest BCUT2D eigenvalue weighted by molar-refractivity contribution is 0.0342. The highest BCUT2D eigenvalue weighted by molar-refractivity contribution is 7.80. The lowest BCUT2D eigenvalue weighted by atomic mass is 10.2. The van der Waals surface area contributed by atoms with Gasteiger partial charge in [-0.15, -0.1) is 0 Å². The second-order valence-electron chi connectivity index (χ2n) is 6.10. The Kier molecular flexibility index (Phi) is 7.04. The number of nitrogens with one attached hydrogen (secondary N) is 2. The van der Waals surface area contributed by atoms with Crippen LogP contribution in [0.1, 0.15) is 15.9 Å². The van der Waals surface area contributed by atoms with Gasteiger partial charge in [-0.1, -0.05) is 41.4 Å². The molecule has 8 heteroatoms. The van der Waals surface area contributed by atoms with E-state index in [-0.39, 0.29) is 15.7 Å². The van der Waals surface area contributed by atoms with E-state index >= 15 is 0 Å². The van der Waals surface area contributed by atoms with Gasteiger partial charge in [-0.25, -0.2) is 0 Å². The topological polar surface area (TPSA) is 53.6 Å². The van der Waals surface area contributed by atoms with Crippen LogP contribution >= 0.6 is 35.4 Å². The van der Waals surface area contributed by atoms with Crippen molar-refractivity contribution in [2.45, 2.75) is 6.54 Å². The van der Waals surface area contributed by atoms with E-state index in [4.69, 9.17) is 40.2 Å². The Morgan fingerprint density at radius 2 is 1.81 bits per heavy atom. The Morgan fingerprint density at radius 3 is 2.52 bits per heavy atom. The molecule has 5 nitrogen and oxygen atoms in total. The molecule has 0 spiro atoms. The molecule has 0 aromatic heterocycles. The molecule has 1 aliphatic heterocycles. The zero-order valence-corrected chi connectivity index (χ0v) is 16.8. The minimum Gasteiger partial charge on any atom is -0.379 e. The summed E-state index contributed by atoms with van der Waals surface area (Å²) in [5.74, 6) is -0.413. The van der Waals surface area contributed by atoms with E-state index in [9.17, 15) is 4.79 Å². The van der Waals surface area contributed by atoms with Crippen LogP contribution in [0.4, 0.5) is 5.69 Å². The van der Waals surface area contributed by atoms with E-state index in [1.54, 1.807) is 18.2 Å². The summed E-state index contributed by atoms with van der Waals surface area (Å²) in [4.78, 5) is 14.6. The number of thiocarbonyl (C=S) groups is 1. The third-order valence-corrected chi connectivity index (χ3v) is 5.17. The van der Waals surface area contributed by atoms with Crippen LogP contribution in [0.25, 0.3) is 0 Å². The van der Waals surface area contributed by atoms with Gasteiger partial charge in [-0.05, 0) is 42.0 Å². The number of benzene rings is 2. The average molecular weight is 424 g/mol. The van der Waals surface area contributed by atoms with Gasteiger partial charge < -0.3 is 10.1 Å². The van der Waals surface area contributed by atoms with Crippen molar-refractivity contribution in [3.8, 4) is 0 Å². The molecule has 0 aliphatic carbocycles. The molecule has 2 aromatic carbocycles. The van der Waals surface area contributed by atoms with Gasteiger partial charge in [-0.2, -0.15) is 0 Å². The average Bonchev–Trinajstić information content (AvgIpc) is 2.66.